The Kier molecular flexibility index (Phi) is 4.77. The molecule has 5 rings (SSSR count). The number of nitrogens with one attached hydrogen (secondary N) is 1. The van der Waals surface area contributed by atoms with E-state index in [1.807, 2.05) is 83.9 Å². The van der Waals surface area contributed by atoms with Crippen LogP contribution in [0.4, 0.5) is 10.5 Å². The van der Waals surface area contributed by atoms with Gasteiger partial charge in [-0.3, -0.25) is 0 Å². The first-order valence-corrected chi connectivity index (χ1v) is 10.2. The van der Waals surface area contributed by atoms with Crippen molar-refractivity contribution in [1.82, 2.24) is 9.47 Å². The van der Waals surface area contributed by atoms with Gasteiger partial charge in [0.2, 0.25) is 0 Å². The summed E-state index contributed by atoms with van der Waals surface area (Å²) in [5, 5.41) is 3.70. The van der Waals surface area contributed by atoms with Crippen LogP contribution in [-0.2, 0) is 6.54 Å². The van der Waals surface area contributed by atoms with Crippen molar-refractivity contribution in [3.05, 3.63) is 119 Å². The Hall–Kier alpha value is -3.50. The Labute approximate surface area is 180 Å². The highest BCUT2D eigenvalue weighted by molar-refractivity contribution is 6.30. The van der Waals surface area contributed by atoms with Gasteiger partial charge in [0.1, 0.15) is 0 Å². The van der Waals surface area contributed by atoms with Crippen molar-refractivity contribution in [2.75, 3.05) is 5.32 Å². The average Bonchev–Trinajstić information content (AvgIpc) is 3.18. The number of urea groups is 1. The van der Waals surface area contributed by atoms with Gasteiger partial charge in [0.05, 0.1) is 18.3 Å². The van der Waals surface area contributed by atoms with E-state index in [-0.39, 0.29) is 12.1 Å². The zero-order valence-corrected chi connectivity index (χ0v) is 17.0. The lowest BCUT2D eigenvalue weighted by Gasteiger charge is -2.31. The highest BCUT2D eigenvalue weighted by Gasteiger charge is 2.33. The largest absolute Gasteiger partial charge is 0.322 e. The minimum atomic E-state index is -0.283. The van der Waals surface area contributed by atoms with Gasteiger partial charge in [-0.25, -0.2) is 4.79 Å². The molecule has 0 bridgehead atoms. The molecule has 2 heterocycles. The molecule has 1 atom stereocenters. The third-order valence-electron chi connectivity index (χ3n) is 5.41. The van der Waals surface area contributed by atoms with Gasteiger partial charge in [0.15, 0.2) is 0 Å². The van der Waals surface area contributed by atoms with Gasteiger partial charge in [-0.05, 0) is 53.6 Å². The van der Waals surface area contributed by atoms with Gasteiger partial charge < -0.3 is 14.8 Å². The maximum absolute atomic E-state index is 13.5. The van der Waals surface area contributed by atoms with Crippen LogP contribution >= 0.6 is 11.6 Å². The van der Waals surface area contributed by atoms with Gasteiger partial charge in [-0.1, -0.05) is 60.1 Å². The minimum absolute atomic E-state index is 0.157. The average molecular weight is 414 g/mol. The molecule has 0 saturated heterocycles. The molecule has 4 nitrogen and oxygen atoms in total. The summed E-state index contributed by atoms with van der Waals surface area (Å²) in [7, 11) is 0. The Morgan fingerprint density at radius 3 is 2.53 bits per heavy atom. The number of carbonyl (C=O) groups is 1. The van der Waals surface area contributed by atoms with Crippen molar-refractivity contribution in [3.8, 4) is 5.69 Å². The molecule has 4 aromatic rings. The molecular weight excluding hydrogens is 394 g/mol. The second-order valence-electron chi connectivity index (χ2n) is 7.31. The lowest BCUT2D eigenvalue weighted by atomic mass is 10.0. The van der Waals surface area contributed by atoms with Gasteiger partial charge in [-0.2, -0.15) is 0 Å². The van der Waals surface area contributed by atoms with Crippen molar-refractivity contribution in [3.63, 3.8) is 0 Å². The second-order valence-corrected chi connectivity index (χ2v) is 7.75. The summed E-state index contributed by atoms with van der Waals surface area (Å²) in [6.45, 7) is 0.480. The lowest BCUT2D eigenvalue weighted by Crippen LogP contribution is -2.37. The van der Waals surface area contributed by atoms with E-state index in [4.69, 9.17) is 11.6 Å². The maximum atomic E-state index is 13.5. The number of anilines is 1. The van der Waals surface area contributed by atoms with E-state index in [1.54, 1.807) is 0 Å². The Morgan fingerprint density at radius 2 is 1.70 bits per heavy atom. The molecule has 30 heavy (non-hydrogen) atoms. The quantitative estimate of drug-likeness (QED) is 0.413. The number of para-hydroxylation sites is 2. The highest BCUT2D eigenvalue weighted by Crippen LogP contribution is 2.37. The Balaban J connectivity index is 1.65. The van der Waals surface area contributed by atoms with Crippen LogP contribution in [0.2, 0.25) is 5.02 Å². The number of benzene rings is 3. The van der Waals surface area contributed by atoms with Crippen LogP contribution in [0.15, 0.2) is 97.2 Å². The number of fused-ring (bicyclic) bond motifs is 3. The van der Waals surface area contributed by atoms with E-state index in [0.29, 0.717) is 11.6 Å². The zero-order valence-electron chi connectivity index (χ0n) is 16.2. The first-order valence-electron chi connectivity index (χ1n) is 9.84. The number of nitrogens with zero attached hydrogens (tertiary/aromatic N) is 2. The molecule has 0 unspecified atom stereocenters. The predicted octanol–water partition coefficient (Wildman–Crippen LogP) is 6.27. The number of halogens is 1. The number of hydrogen-bond acceptors (Lipinski definition) is 1. The summed E-state index contributed by atoms with van der Waals surface area (Å²) in [5.74, 6) is 0. The summed E-state index contributed by atoms with van der Waals surface area (Å²) < 4.78 is 2.16. The van der Waals surface area contributed by atoms with Crippen LogP contribution < -0.4 is 5.32 Å². The zero-order chi connectivity index (χ0) is 20.5. The third-order valence-corrected chi connectivity index (χ3v) is 5.65. The van der Waals surface area contributed by atoms with E-state index < -0.39 is 0 Å². The lowest BCUT2D eigenvalue weighted by molar-refractivity contribution is 0.194. The SMILES string of the molecule is O=C(Nc1ccccc1)N1Cc2ccccc2-n2cccc2[C@H]1c1cccc(Cl)c1. The first kappa shape index (κ1) is 18.5. The van der Waals surface area contributed by atoms with Crippen molar-refractivity contribution in [2.45, 2.75) is 12.6 Å². The molecule has 1 aliphatic rings. The first-order chi connectivity index (χ1) is 14.7. The van der Waals surface area contributed by atoms with Crippen LogP contribution in [0.3, 0.4) is 0 Å². The van der Waals surface area contributed by atoms with E-state index in [9.17, 15) is 4.79 Å². The van der Waals surface area contributed by atoms with Crippen LogP contribution in [0, 0.1) is 0 Å². The summed E-state index contributed by atoms with van der Waals surface area (Å²) in [5.41, 5.74) is 4.92. The standard InChI is InChI=1S/C25H20ClN3O/c26-20-10-6-9-18(16-20)24-23-14-7-15-28(23)22-13-5-4-8-19(22)17-29(24)25(30)27-21-11-2-1-3-12-21/h1-16,24H,17H2,(H,27,30)/t24-/m1/s1. The fourth-order valence-electron chi connectivity index (χ4n) is 4.08. The normalized spacial score (nSPS) is 15.1. The van der Waals surface area contributed by atoms with Crippen LogP contribution in [0.5, 0.6) is 0 Å². The van der Waals surface area contributed by atoms with Crippen LogP contribution in [0.25, 0.3) is 5.69 Å². The van der Waals surface area contributed by atoms with E-state index >= 15 is 0 Å². The van der Waals surface area contributed by atoms with Crippen molar-refractivity contribution in [2.24, 2.45) is 0 Å². The second kappa shape index (κ2) is 7.73. The number of carbonyl (C=O) groups excluding carboxylic acids is 1. The predicted molar refractivity (Wildman–Crippen MR) is 120 cm³/mol. The fraction of sp³-hybridized carbons (Fsp3) is 0.0800. The molecule has 1 aromatic heterocycles. The van der Waals surface area contributed by atoms with Crippen molar-refractivity contribution < 1.29 is 4.79 Å². The topological polar surface area (TPSA) is 37.3 Å². The van der Waals surface area contributed by atoms with Crippen LogP contribution in [0.1, 0.15) is 22.9 Å². The molecule has 0 radical (unpaired) electrons. The smallest absolute Gasteiger partial charge is 0.318 e. The molecule has 3 aromatic carbocycles. The van der Waals surface area contributed by atoms with Gasteiger partial charge >= 0.3 is 6.03 Å². The minimum Gasteiger partial charge on any atom is -0.318 e. The summed E-state index contributed by atoms with van der Waals surface area (Å²) in [4.78, 5) is 15.4. The molecule has 0 fully saturated rings. The third kappa shape index (κ3) is 3.36. The number of amides is 2. The number of rotatable bonds is 2. The summed E-state index contributed by atoms with van der Waals surface area (Å²) >= 11 is 6.33. The maximum Gasteiger partial charge on any atom is 0.322 e. The number of hydrogen-bond donors (Lipinski definition) is 1. The highest BCUT2D eigenvalue weighted by atomic mass is 35.5. The van der Waals surface area contributed by atoms with Crippen molar-refractivity contribution >= 4 is 23.3 Å². The van der Waals surface area contributed by atoms with E-state index in [1.165, 1.54) is 0 Å². The van der Waals surface area contributed by atoms with Crippen molar-refractivity contribution in [1.29, 1.82) is 0 Å². The molecule has 0 saturated carbocycles. The fourth-order valence-corrected chi connectivity index (χ4v) is 4.28. The monoisotopic (exact) mass is 413 g/mol. The van der Waals surface area contributed by atoms with Gasteiger partial charge in [0.25, 0.3) is 0 Å². The van der Waals surface area contributed by atoms with Gasteiger partial charge in [0, 0.05) is 22.6 Å². The molecular formula is C25H20ClN3O. The van der Waals surface area contributed by atoms with Gasteiger partial charge in [-0.15, -0.1) is 0 Å². The molecule has 1 N–H and O–H groups in total. The summed E-state index contributed by atoms with van der Waals surface area (Å²) in [6.07, 6.45) is 2.05. The molecule has 148 valence electrons. The molecule has 2 amide bonds. The van der Waals surface area contributed by atoms with E-state index in [0.717, 1.165) is 28.2 Å². The summed E-state index contributed by atoms with van der Waals surface area (Å²) in [6, 6.07) is 29.1. The van der Waals surface area contributed by atoms with Crippen LogP contribution in [-0.4, -0.2) is 15.5 Å². The molecule has 1 aliphatic heterocycles. The molecule has 5 heteroatoms. The molecule has 0 spiro atoms. The Bertz CT molecular complexity index is 1200. The Morgan fingerprint density at radius 1 is 0.900 bits per heavy atom. The number of aromatic nitrogens is 1. The molecule has 0 aliphatic carbocycles. The van der Waals surface area contributed by atoms with E-state index in [2.05, 4.69) is 28.1 Å².